The smallest absolute Gasteiger partial charge is 0.332 e. The van der Waals surface area contributed by atoms with Gasteiger partial charge in [0.05, 0.1) is 39.6 Å². The van der Waals surface area contributed by atoms with Crippen molar-refractivity contribution in [1.29, 1.82) is 0 Å². The molecule has 0 aliphatic carbocycles. The molecule has 19 heavy (non-hydrogen) atoms. The number of esters is 1. The maximum Gasteiger partial charge on any atom is 0.332 e. The van der Waals surface area contributed by atoms with Crippen LogP contribution in [0, 0.1) is 0 Å². The van der Waals surface area contributed by atoms with Crippen LogP contribution < -0.4 is 0 Å². The van der Waals surface area contributed by atoms with Gasteiger partial charge in [-0.2, -0.15) is 0 Å². The standard InChI is InChI=1S/C12H22O7/c1-3-11(14)19-12(15-2)10-18-9-8-17-7-6-16-5-4-13/h3,12-13H,1,4-10H2,2H3. The third-order valence-electron chi connectivity index (χ3n) is 1.91. The van der Waals surface area contributed by atoms with Gasteiger partial charge in [0.1, 0.15) is 6.61 Å². The minimum atomic E-state index is -0.751. The van der Waals surface area contributed by atoms with Crippen molar-refractivity contribution in [3.8, 4) is 0 Å². The summed E-state index contributed by atoms with van der Waals surface area (Å²) in [5.41, 5.74) is 0. The maximum atomic E-state index is 10.9. The van der Waals surface area contributed by atoms with Gasteiger partial charge in [-0.25, -0.2) is 4.79 Å². The Balaban J connectivity index is 3.36. The van der Waals surface area contributed by atoms with E-state index in [1.807, 2.05) is 0 Å². The lowest BCUT2D eigenvalue weighted by atomic mass is 10.6. The third-order valence-corrected chi connectivity index (χ3v) is 1.91. The van der Waals surface area contributed by atoms with E-state index in [1.165, 1.54) is 7.11 Å². The van der Waals surface area contributed by atoms with E-state index in [1.54, 1.807) is 0 Å². The summed E-state index contributed by atoms with van der Waals surface area (Å²) in [7, 11) is 1.42. The number of aliphatic hydroxyl groups is 1. The number of ether oxygens (including phenoxy) is 5. The summed E-state index contributed by atoms with van der Waals surface area (Å²) in [6, 6.07) is 0. The Morgan fingerprint density at radius 2 is 1.74 bits per heavy atom. The average Bonchev–Trinajstić information content (AvgIpc) is 2.43. The van der Waals surface area contributed by atoms with Gasteiger partial charge >= 0.3 is 5.97 Å². The molecule has 7 nitrogen and oxygen atoms in total. The molecule has 0 fully saturated rings. The Hall–Kier alpha value is -0.990. The zero-order chi connectivity index (χ0) is 14.3. The van der Waals surface area contributed by atoms with Gasteiger partial charge in [-0.1, -0.05) is 6.58 Å². The van der Waals surface area contributed by atoms with Gasteiger partial charge in [0, 0.05) is 13.2 Å². The van der Waals surface area contributed by atoms with E-state index < -0.39 is 12.3 Å². The molecule has 0 radical (unpaired) electrons. The van der Waals surface area contributed by atoms with Crippen LogP contribution in [0.25, 0.3) is 0 Å². The molecule has 0 saturated carbocycles. The van der Waals surface area contributed by atoms with E-state index in [2.05, 4.69) is 6.58 Å². The molecule has 112 valence electrons. The lowest BCUT2D eigenvalue weighted by Gasteiger charge is -2.15. The van der Waals surface area contributed by atoms with E-state index in [4.69, 9.17) is 28.8 Å². The van der Waals surface area contributed by atoms with Crippen LogP contribution in [0.4, 0.5) is 0 Å². The van der Waals surface area contributed by atoms with Gasteiger partial charge in [-0.05, 0) is 0 Å². The van der Waals surface area contributed by atoms with Crippen LogP contribution in [-0.4, -0.2) is 70.7 Å². The summed E-state index contributed by atoms with van der Waals surface area (Å²) in [6.07, 6.45) is 0.306. The van der Waals surface area contributed by atoms with Crippen molar-refractivity contribution in [3.63, 3.8) is 0 Å². The molecule has 1 unspecified atom stereocenters. The number of aliphatic hydroxyl groups excluding tert-OH is 1. The second-order valence-electron chi connectivity index (χ2n) is 3.33. The Kier molecular flexibility index (Phi) is 12.7. The zero-order valence-electron chi connectivity index (χ0n) is 11.2. The number of methoxy groups -OCH3 is 1. The molecule has 0 bridgehead atoms. The molecule has 0 spiro atoms. The van der Waals surface area contributed by atoms with E-state index in [0.29, 0.717) is 33.0 Å². The molecule has 0 aromatic rings. The second kappa shape index (κ2) is 13.4. The van der Waals surface area contributed by atoms with Crippen molar-refractivity contribution >= 4 is 5.97 Å². The molecule has 0 aromatic heterocycles. The summed E-state index contributed by atoms with van der Waals surface area (Å²) in [4.78, 5) is 10.9. The lowest BCUT2D eigenvalue weighted by Crippen LogP contribution is -2.25. The molecule has 0 aliphatic heterocycles. The number of carbonyl (C=O) groups excluding carboxylic acids is 1. The topological polar surface area (TPSA) is 83.5 Å². The molecular weight excluding hydrogens is 256 g/mol. The van der Waals surface area contributed by atoms with Crippen molar-refractivity contribution < 1.29 is 33.6 Å². The lowest BCUT2D eigenvalue weighted by molar-refractivity contribution is -0.179. The monoisotopic (exact) mass is 278 g/mol. The quantitative estimate of drug-likeness (QED) is 0.215. The van der Waals surface area contributed by atoms with Crippen LogP contribution in [0.15, 0.2) is 12.7 Å². The summed E-state index contributed by atoms with van der Waals surface area (Å²) >= 11 is 0. The van der Waals surface area contributed by atoms with Crippen molar-refractivity contribution in [3.05, 3.63) is 12.7 Å². The first kappa shape index (κ1) is 18.0. The van der Waals surface area contributed by atoms with Crippen LogP contribution in [0.5, 0.6) is 0 Å². The molecule has 0 aromatic carbocycles. The fourth-order valence-corrected chi connectivity index (χ4v) is 1.01. The first-order valence-corrected chi connectivity index (χ1v) is 5.94. The highest BCUT2D eigenvalue weighted by atomic mass is 16.7. The van der Waals surface area contributed by atoms with Crippen molar-refractivity contribution in [2.24, 2.45) is 0 Å². The highest BCUT2D eigenvalue weighted by molar-refractivity contribution is 5.81. The average molecular weight is 278 g/mol. The van der Waals surface area contributed by atoms with Crippen molar-refractivity contribution in [2.75, 3.05) is 53.4 Å². The largest absolute Gasteiger partial charge is 0.430 e. The number of hydrogen-bond acceptors (Lipinski definition) is 7. The van der Waals surface area contributed by atoms with Crippen LogP contribution in [0.2, 0.25) is 0 Å². The number of carbonyl (C=O) groups is 1. The number of hydrogen-bond donors (Lipinski definition) is 1. The van der Waals surface area contributed by atoms with Gasteiger partial charge in [-0.3, -0.25) is 0 Å². The predicted molar refractivity (Wildman–Crippen MR) is 66.6 cm³/mol. The predicted octanol–water partition coefficient (Wildman–Crippen LogP) is -0.270. The second-order valence-corrected chi connectivity index (χ2v) is 3.33. The minimum Gasteiger partial charge on any atom is -0.430 e. The van der Waals surface area contributed by atoms with Crippen LogP contribution in [0.3, 0.4) is 0 Å². The van der Waals surface area contributed by atoms with Gasteiger partial charge in [0.25, 0.3) is 0 Å². The van der Waals surface area contributed by atoms with Gasteiger partial charge in [0.15, 0.2) is 0 Å². The maximum absolute atomic E-state index is 10.9. The molecule has 0 heterocycles. The first-order chi connectivity index (χ1) is 9.24. The van der Waals surface area contributed by atoms with Crippen molar-refractivity contribution in [2.45, 2.75) is 6.29 Å². The zero-order valence-corrected chi connectivity index (χ0v) is 11.2. The highest BCUT2D eigenvalue weighted by Gasteiger charge is 2.10. The molecular formula is C12H22O7. The van der Waals surface area contributed by atoms with E-state index in [-0.39, 0.29) is 13.2 Å². The summed E-state index contributed by atoms with van der Waals surface area (Å²) in [5, 5.41) is 8.45. The molecule has 0 rings (SSSR count). The van der Waals surface area contributed by atoms with E-state index >= 15 is 0 Å². The minimum absolute atomic E-state index is 0.00491. The van der Waals surface area contributed by atoms with Crippen molar-refractivity contribution in [1.82, 2.24) is 0 Å². The van der Waals surface area contributed by atoms with Crippen LogP contribution >= 0.6 is 0 Å². The molecule has 1 atom stereocenters. The summed E-state index contributed by atoms with van der Waals surface area (Å²) in [6.45, 7) is 5.33. The SMILES string of the molecule is C=CC(=O)OC(COCCOCCOCCO)OC. The van der Waals surface area contributed by atoms with Crippen LogP contribution in [-0.2, 0) is 28.5 Å². The van der Waals surface area contributed by atoms with Gasteiger partial charge < -0.3 is 28.8 Å². The Morgan fingerprint density at radius 1 is 1.16 bits per heavy atom. The van der Waals surface area contributed by atoms with E-state index in [9.17, 15) is 4.79 Å². The molecule has 0 amide bonds. The molecule has 0 saturated heterocycles. The van der Waals surface area contributed by atoms with Gasteiger partial charge in [0.2, 0.25) is 6.29 Å². The normalized spacial score (nSPS) is 12.1. The Bertz CT molecular complexity index is 232. The first-order valence-electron chi connectivity index (χ1n) is 5.94. The Labute approximate surface area is 113 Å². The molecule has 1 N–H and O–H groups in total. The molecule has 7 heteroatoms. The van der Waals surface area contributed by atoms with E-state index in [0.717, 1.165) is 6.08 Å². The summed E-state index contributed by atoms with van der Waals surface area (Å²) < 4.78 is 25.1. The van der Waals surface area contributed by atoms with Gasteiger partial charge in [-0.15, -0.1) is 0 Å². The third kappa shape index (κ3) is 11.8. The number of rotatable bonds is 13. The summed E-state index contributed by atoms with van der Waals surface area (Å²) in [5.74, 6) is -0.562. The van der Waals surface area contributed by atoms with Crippen LogP contribution in [0.1, 0.15) is 0 Å². The molecule has 0 aliphatic rings. The fourth-order valence-electron chi connectivity index (χ4n) is 1.01. The Morgan fingerprint density at radius 3 is 2.26 bits per heavy atom. The highest BCUT2D eigenvalue weighted by Crippen LogP contribution is 1.96. The fraction of sp³-hybridized carbons (Fsp3) is 0.750.